The number of nitrogens with zero attached hydrogens (tertiary/aromatic N) is 1. The number of hydrogen-bond donors (Lipinski definition) is 1. The quantitative estimate of drug-likeness (QED) is 0.893. The van der Waals surface area contributed by atoms with Gasteiger partial charge in [0.15, 0.2) is 0 Å². The summed E-state index contributed by atoms with van der Waals surface area (Å²) in [5.74, 6) is 0.365. The van der Waals surface area contributed by atoms with Crippen molar-refractivity contribution >= 4 is 23.2 Å². The van der Waals surface area contributed by atoms with Crippen molar-refractivity contribution < 1.29 is 9.53 Å². The van der Waals surface area contributed by atoms with Crippen molar-refractivity contribution in [2.75, 3.05) is 25.1 Å². The van der Waals surface area contributed by atoms with Gasteiger partial charge in [0.1, 0.15) is 5.75 Å². The van der Waals surface area contributed by atoms with Gasteiger partial charge in [-0.1, -0.05) is 11.6 Å². The minimum Gasteiger partial charge on any atom is -0.495 e. The zero-order valence-corrected chi connectivity index (χ0v) is 10.4. The molecule has 1 aromatic rings. The summed E-state index contributed by atoms with van der Waals surface area (Å²) < 4.78 is 5.10. The van der Waals surface area contributed by atoms with Crippen molar-refractivity contribution in [2.45, 2.75) is 6.42 Å². The molecule has 2 N–H and O–H groups in total. The van der Waals surface area contributed by atoms with Gasteiger partial charge in [0.2, 0.25) is 5.91 Å². The molecule has 1 aliphatic rings. The maximum atomic E-state index is 11.1. The lowest BCUT2D eigenvalue weighted by Crippen LogP contribution is -2.27. The van der Waals surface area contributed by atoms with Crippen molar-refractivity contribution in [1.29, 1.82) is 0 Å². The zero-order chi connectivity index (χ0) is 12.4. The third kappa shape index (κ3) is 2.47. The summed E-state index contributed by atoms with van der Waals surface area (Å²) in [6, 6.07) is 5.62. The number of hydrogen-bond acceptors (Lipinski definition) is 3. The van der Waals surface area contributed by atoms with Gasteiger partial charge in [0.25, 0.3) is 0 Å². The molecular weight excluding hydrogens is 240 g/mol. The Labute approximate surface area is 105 Å². The Balaban J connectivity index is 2.14. The summed E-state index contributed by atoms with van der Waals surface area (Å²) in [5.41, 5.74) is 6.30. The highest BCUT2D eigenvalue weighted by Gasteiger charge is 2.26. The lowest BCUT2D eigenvalue weighted by molar-refractivity contribution is -0.121. The Bertz CT molecular complexity index is 437. The second-order valence-corrected chi connectivity index (χ2v) is 4.56. The van der Waals surface area contributed by atoms with Crippen LogP contribution < -0.4 is 15.4 Å². The molecule has 1 aromatic carbocycles. The van der Waals surface area contributed by atoms with Crippen LogP contribution in [0.15, 0.2) is 18.2 Å². The largest absolute Gasteiger partial charge is 0.495 e. The van der Waals surface area contributed by atoms with E-state index < -0.39 is 0 Å². The Morgan fingerprint density at radius 3 is 2.88 bits per heavy atom. The van der Waals surface area contributed by atoms with Crippen LogP contribution in [-0.4, -0.2) is 26.1 Å². The number of anilines is 1. The van der Waals surface area contributed by atoms with Gasteiger partial charge < -0.3 is 15.4 Å². The molecule has 0 saturated carbocycles. The first-order valence-corrected chi connectivity index (χ1v) is 5.87. The number of carbonyl (C=O) groups is 1. The highest BCUT2D eigenvalue weighted by Crippen LogP contribution is 2.31. The van der Waals surface area contributed by atoms with Crippen molar-refractivity contribution in [2.24, 2.45) is 11.7 Å². The molecule has 0 aliphatic carbocycles. The summed E-state index contributed by atoms with van der Waals surface area (Å²) >= 11 is 6.06. The maximum Gasteiger partial charge on any atom is 0.222 e. The van der Waals surface area contributed by atoms with Crippen LogP contribution in [0, 0.1) is 5.92 Å². The number of benzene rings is 1. The van der Waals surface area contributed by atoms with Gasteiger partial charge in [-0.25, -0.2) is 0 Å². The van der Waals surface area contributed by atoms with E-state index in [1.54, 1.807) is 7.11 Å². The molecule has 0 spiro atoms. The number of rotatable bonds is 3. The van der Waals surface area contributed by atoms with Crippen molar-refractivity contribution in [3.05, 3.63) is 23.2 Å². The highest BCUT2D eigenvalue weighted by atomic mass is 35.5. The van der Waals surface area contributed by atoms with Gasteiger partial charge in [-0.3, -0.25) is 4.79 Å². The summed E-state index contributed by atoms with van der Waals surface area (Å²) in [7, 11) is 1.58. The minimum atomic E-state index is -0.230. The molecule has 4 nitrogen and oxygen atoms in total. The van der Waals surface area contributed by atoms with Gasteiger partial charge in [0.05, 0.1) is 18.1 Å². The Kier molecular flexibility index (Phi) is 3.43. The van der Waals surface area contributed by atoms with E-state index in [4.69, 9.17) is 22.1 Å². The van der Waals surface area contributed by atoms with Crippen LogP contribution >= 0.6 is 11.6 Å². The average Bonchev–Trinajstić information content (AvgIpc) is 2.78. The van der Waals surface area contributed by atoms with E-state index in [1.165, 1.54) is 0 Å². The predicted octanol–water partition coefficient (Wildman–Crippen LogP) is 1.66. The fourth-order valence-corrected chi connectivity index (χ4v) is 2.33. The Morgan fingerprint density at radius 2 is 2.35 bits per heavy atom. The molecule has 5 heteroatoms. The molecule has 0 aromatic heterocycles. The van der Waals surface area contributed by atoms with Crippen molar-refractivity contribution in [1.82, 2.24) is 0 Å². The number of ether oxygens (including phenoxy) is 1. The number of primary amides is 1. The van der Waals surface area contributed by atoms with Gasteiger partial charge in [-0.2, -0.15) is 0 Å². The van der Waals surface area contributed by atoms with E-state index in [-0.39, 0.29) is 11.8 Å². The monoisotopic (exact) mass is 254 g/mol. The Morgan fingerprint density at radius 1 is 1.59 bits per heavy atom. The minimum absolute atomic E-state index is 0.0594. The molecule has 1 fully saturated rings. The average molecular weight is 255 g/mol. The SMILES string of the molecule is COc1ccc(N2CCC(C(N)=O)C2)cc1Cl. The van der Waals surface area contributed by atoms with Crippen molar-refractivity contribution in [3.8, 4) is 5.75 Å². The maximum absolute atomic E-state index is 11.1. The van der Waals surface area contributed by atoms with E-state index in [0.29, 0.717) is 17.3 Å². The summed E-state index contributed by atoms with van der Waals surface area (Å²) in [6.45, 7) is 1.49. The van der Waals surface area contributed by atoms with Crippen LogP contribution in [0.25, 0.3) is 0 Å². The molecule has 0 radical (unpaired) electrons. The summed E-state index contributed by atoms with van der Waals surface area (Å²) in [6.07, 6.45) is 0.805. The Hall–Kier alpha value is -1.42. The van der Waals surface area contributed by atoms with Crippen LogP contribution in [0.3, 0.4) is 0 Å². The molecule has 92 valence electrons. The van der Waals surface area contributed by atoms with E-state index in [9.17, 15) is 4.79 Å². The number of carbonyl (C=O) groups excluding carboxylic acids is 1. The van der Waals surface area contributed by atoms with E-state index in [1.807, 2.05) is 18.2 Å². The predicted molar refractivity (Wildman–Crippen MR) is 67.5 cm³/mol. The van der Waals surface area contributed by atoms with Gasteiger partial charge >= 0.3 is 0 Å². The standard InChI is InChI=1S/C12H15ClN2O2/c1-17-11-3-2-9(6-10(11)13)15-5-4-8(7-15)12(14)16/h2-3,6,8H,4-5,7H2,1H3,(H2,14,16). The second kappa shape index (κ2) is 4.84. The van der Waals surface area contributed by atoms with Crippen LogP contribution in [0.2, 0.25) is 5.02 Å². The molecule has 1 aliphatic heterocycles. The fraction of sp³-hybridized carbons (Fsp3) is 0.417. The lowest BCUT2D eigenvalue weighted by atomic mass is 10.1. The van der Waals surface area contributed by atoms with Crippen molar-refractivity contribution in [3.63, 3.8) is 0 Å². The fourth-order valence-electron chi connectivity index (χ4n) is 2.08. The third-order valence-electron chi connectivity index (χ3n) is 3.09. The molecule has 17 heavy (non-hydrogen) atoms. The second-order valence-electron chi connectivity index (χ2n) is 4.15. The van der Waals surface area contributed by atoms with Crippen LogP contribution in [0.4, 0.5) is 5.69 Å². The first-order valence-electron chi connectivity index (χ1n) is 5.49. The van der Waals surface area contributed by atoms with E-state index >= 15 is 0 Å². The molecule has 0 bridgehead atoms. The van der Waals surface area contributed by atoms with E-state index in [0.717, 1.165) is 18.7 Å². The number of methoxy groups -OCH3 is 1. The van der Waals surface area contributed by atoms with Crippen LogP contribution in [-0.2, 0) is 4.79 Å². The van der Waals surface area contributed by atoms with Gasteiger partial charge in [-0.05, 0) is 24.6 Å². The molecule has 1 unspecified atom stereocenters. The van der Waals surface area contributed by atoms with Crippen LogP contribution in [0.1, 0.15) is 6.42 Å². The first kappa shape index (κ1) is 12.0. The normalized spacial score (nSPS) is 19.4. The lowest BCUT2D eigenvalue weighted by Gasteiger charge is -2.19. The molecule has 1 atom stereocenters. The highest BCUT2D eigenvalue weighted by molar-refractivity contribution is 6.32. The molecule has 1 heterocycles. The number of nitrogens with two attached hydrogens (primary N) is 1. The smallest absolute Gasteiger partial charge is 0.222 e. The zero-order valence-electron chi connectivity index (χ0n) is 9.65. The van der Waals surface area contributed by atoms with Gasteiger partial charge in [-0.15, -0.1) is 0 Å². The molecule has 1 amide bonds. The third-order valence-corrected chi connectivity index (χ3v) is 3.39. The molecule has 1 saturated heterocycles. The molecular formula is C12H15ClN2O2. The van der Waals surface area contributed by atoms with E-state index in [2.05, 4.69) is 4.90 Å². The van der Waals surface area contributed by atoms with Gasteiger partial charge in [0, 0.05) is 18.8 Å². The molecule has 2 rings (SSSR count). The topological polar surface area (TPSA) is 55.6 Å². The number of amides is 1. The number of halogens is 1. The first-order chi connectivity index (χ1) is 8.11. The summed E-state index contributed by atoms with van der Waals surface area (Å²) in [4.78, 5) is 13.2. The summed E-state index contributed by atoms with van der Waals surface area (Å²) in [5, 5.41) is 0.576. The van der Waals surface area contributed by atoms with Crippen LogP contribution in [0.5, 0.6) is 5.75 Å².